The lowest BCUT2D eigenvalue weighted by molar-refractivity contribution is 0.439. The van der Waals surface area contributed by atoms with E-state index in [0.29, 0.717) is 17.3 Å². The van der Waals surface area contributed by atoms with E-state index >= 15 is 0 Å². The molecule has 0 spiro atoms. The van der Waals surface area contributed by atoms with Crippen LogP contribution in [0, 0.1) is 0 Å². The van der Waals surface area contributed by atoms with Crippen molar-refractivity contribution >= 4 is 23.0 Å². The molecule has 0 amide bonds. The molecular weight excluding hydrogens is 242 g/mol. The summed E-state index contributed by atoms with van der Waals surface area (Å²) in [6, 6.07) is 7.37. The third kappa shape index (κ3) is 1.47. The molecule has 1 aromatic heterocycles. The molecular formula is C11H8ClN3O2. The van der Waals surface area contributed by atoms with Gasteiger partial charge in [0.05, 0.1) is 5.69 Å². The number of hydrogen-bond donors (Lipinski definition) is 1. The summed E-state index contributed by atoms with van der Waals surface area (Å²) in [4.78, 5) is 11.6. The van der Waals surface area contributed by atoms with Gasteiger partial charge in [-0.25, -0.2) is 4.68 Å². The van der Waals surface area contributed by atoms with Gasteiger partial charge in [-0.2, -0.15) is 0 Å². The minimum absolute atomic E-state index is 0.0759. The van der Waals surface area contributed by atoms with Crippen LogP contribution in [0.2, 0.25) is 5.02 Å². The SMILES string of the molecule is Cn1nc2c(c(Cl)c1=O)Nc1ccccc1O2. The molecule has 1 aliphatic heterocycles. The number of aryl methyl sites for hydroxylation is 1. The molecule has 1 N–H and O–H groups in total. The number of aromatic nitrogens is 2. The molecule has 3 rings (SSSR count). The standard InChI is InChI=1S/C11H8ClN3O2/c1-15-11(16)8(12)9-10(14-15)17-7-5-3-2-4-6(7)13-9/h2-5,13H,1H3. The molecule has 1 aliphatic rings. The van der Waals surface area contributed by atoms with Crippen LogP contribution in [-0.2, 0) is 7.05 Å². The number of hydrogen-bond acceptors (Lipinski definition) is 4. The summed E-state index contributed by atoms with van der Waals surface area (Å²) in [7, 11) is 1.53. The van der Waals surface area contributed by atoms with Crippen molar-refractivity contribution < 1.29 is 4.74 Å². The normalized spacial score (nSPS) is 12.1. The Morgan fingerprint density at radius 1 is 1.41 bits per heavy atom. The minimum Gasteiger partial charge on any atom is -0.434 e. The average Bonchev–Trinajstić information content (AvgIpc) is 2.34. The van der Waals surface area contributed by atoms with Crippen molar-refractivity contribution in [1.82, 2.24) is 9.78 Å². The van der Waals surface area contributed by atoms with E-state index in [1.165, 1.54) is 7.05 Å². The van der Waals surface area contributed by atoms with E-state index in [0.717, 1.165) is 10.4 Å². The van der Waals surface area contributed by atoms with E-state index in [4.69, 9.17) is 16.3 Å². The first-order chi connectivity index (χ1) is 8.16. The maximum Gasteiger partial charge on any atom is 0.287 e. The number of halogens is 1. The molecule has 0 atom stereocenters. The summed E-state index contributed by atoms with van der Waals surface area (Å²) in [5.74, 6) is 0.956. The maximum atomic E-state index is 11.6. The average molecular weight is 250 g/mol. The number of anilines is 2. The smallest absolute Gasteiger partial charge is 0.287 e. The van der Waals surface area contributed by atoms with Crippen LogP contribution in [0.4, 0.5) is 11.4 Å². The Hall–Kier alpha value is -2.01. The Bertz CT molecular complexity index is 666. The fraction of sp³-hybridized carbons (Fsp3) is 0.0909. The third-order valence-electron chi connectivity index (χ3n) is 2.51. The summed E-state index contributed by atoms with van der Waals surface area (Å²) in [6.07, 6.45) is 0. The van der Waals surface area contributed by atoms with Gasteiger partial charge in [-0.1, -0.05) is 23.7 Å². The summed E-state index contributed by atoms with van der Waals surface area (Å²) >= 11 is 5.97. The van der Waals surface area contributed by atoms with Crippen molar-refractivity contribution in [2.24, 2.45) is 7.05 Å². The van der Waals surface area contributed by atoms with E-state index in [1.807, 2.05) is 24.3 Å². The van der Waals surface area contributed by atoms with Gasteiger partial charge in [-0.3, -0.25) is 4.79 Å². The molecule has 17 heavy (non-hydrogen) atoms. The van der Waals surface area contributed by atoms with Crippen LogP contribution in [0.25, 0.3) is 0 Å². The van der Waals surface area contributed by atoms with Crippen LogP contribution in [-0.4, -0.2) is 9.78 Å². The van der Waals surface area contributed by atoms with E-state index in [1.54, 1.807) is 0 Å². The molecule has 0 aliphatic carbocycles. The number of para-hydroxylation sites is 2. The Labute approximate surface area is 102 Å². The maximum absolute atomic E-state index is 11.6. The van der Waals surface area contributed by atoms with Gasteiger partial charge in [-0.05, 0) is 12.1 Å². The van der Waals surface area contributed by atoms with Crippen LogP contribution in [0.1, 0.15) is 0 Å². The van der Waals surface area contributed by atoms with Crippen molar-refractivity contribution in [3.05, 3.63) is 39.6 Å². The zero-order valence-electron chi connectivity index (χ0n) is 8.90. The van der Waals surface area contributed by atoms with Crippen molar-refractivity contribution in [2.75, 3.05) is 5.32 Å². The number of fused-ring (bicyclic) bond motifs is 2. The highest BCUT2D eigenvalue weighted by atomic mass is 35.5. The number of nitrogens with zero attached hydrogens (tertiary/aromatic N) is 2. The van der Waals surface area contributed by atoms with Crippen LogP contribution >= 0.6 is 11.6 Å². The van der Waals surface area contributed by atoms with Gasteiger partial charge in [0.25, 0.3) is 11.4 Å². The molecule has 0 unspecified atom stereocenters. The predicted octanol–water partition coefficient (Wildman–Crippen LogP) is 2.28. The number of benzene rings is 1. The summed E-state index contributed by atoms with van der Waals surface area (Å²) < 4.78 is 6.73. The second-order valence-corrected chi connectivity index (χ2v) is 4.02. The zero-order valence-corrected chi connectivity index (χ0v) is 9.65. The van der Waals surface area contributed by atoms with Gasteiger partial charge < -0.3 is 10.1 Å². The first-order valence-electron chi connectivity index (χ1n) is 4.97. The number of rotatable bonds is 0. The molecule has 6 heteroatoms. The first kappa shape index (κ1) is 10.2. The van der Waals surface area contributed by atoms with E-state index in [-0.39, 0.29) is 10.6 Å². The highest BCUT2D eigenvalue weighted by Crippen LogP contribution is 2.42. The van der Waals surface area contributed by atoms with Gasteiger partial charge in [0.1, 0.15) is 10.7 Å². The lowest BCUT2D eigenvalue weighted by atomic mass is 10.2. The summed E-state index contributed by atoms with van der Waals surface area (Å²) in [5.41, 5.74) is 0.811. The van der Waals surface area contributed by atoms with Crippen molar-refractivity contribution in [1.29, 1.82) is 0 Å². The minimum atomic E-state index is -0.360. The quantitative estimate of drug-likeness (QED) is 0.664. The fourth-order valence-electron chi connectivity index (χ4n) is 1.65. The molecule has 0 bridgehead atoms. The highest BCUT2D eigenvalue weighted by Gasteiger charge is 2.22. The summed E-state index contributed by atoms with van der Waals surface area (Å²) in [5, 5.41) is 7.13. The lowest BCUT2D eigenvalue weighted by Crippen LogP contribution is -2.23. The Balaban J connectivity index is 2.22. The molecule has 1 aromatic carbocycles. The number of nitrogens with one attached hydrogen (secondary N) is 1. The van der Waals surface area contributed by atoms with Gasteiger partial charge >= 0.3 is 0 Å². The molecule has 0 fully saturated rings. The Morgan fingerprint density at radius 2 is 2.18 bits per heavy atom. The lowest BCUT2D eigenvalue weighted by Gasteiger charge is -2.21. The van der Waals surface area contributed by atoms with Crippen LogP contribution < -0.4 is 15.6 Å². The molecule has 2 aromatic rings. The molecule has 86 valence electrons. The third-order valence-corrected chi connectivity index (χ3v) is 2.86. The Morgan fingerprint density at radius 3 is 3.00 bits per heavy atom. The van der Waals surface area contributed by atoms with Crippen LogP contribution in [0.3, 0.4) is 0 Å². The van der Waals surface area contributed by atoms with Crippen molar-refractivity contribution in [2.45, 2.75) is 0 Å². The van der Waals surface area contributed by atoms with E-state index < -0.39 is 0 Å². The highest BCUT2D eigenvalue weighted by molar-refractivity contribution is 6.33. The second kappa shape index (κ2) is 3.49. The molecule has 2 heterocycles. The van der Waals surface area contributed by atoms with Crippen molar-refractivity contribution in [3.63, 3.8) is 0 Å². The Kier molecular flexibility index (Phi) is 2.09. The van der Waals surface area contributed by atoms with E-state index in [9.17, 15) is 4.79 Å². The van der Waals surface area contributed by atoms with Gasteiger partial charge in [0.15, 0.2) is 5.75 Å². The molecule has 5 nitrogen and oxygen atoms in total. The molecule has 0 radical (unpaired) electrons. The first-order valence-corrected chi connectivity index (χ1v) is 5.35. The fourth-order valence-corrected chi connectivity index (χ4v) is 1.90. The largest absolute Gasteiger partial charge is 0.434 e. The monoisotopic (exact) mass is 249 g/mol. The van der Waals surface area contributed by atoms with Crippen LogP contribution in [0.5, 0.6) is 11.6 Å². The van der Waals surface area contributed by atoms with Gasteiger partial charge in [-0.15, -0.1) is 5.10 Å². The molecule has 0 saturated carbocycles. The van der Waals surface area contributed by atoms with Gasteiger partial charge in [0, 0.05) is 7.05 Å². The van der Waals surface area contributed by atoms with Gasteiger partial charge in [0.2, 0.25) is 0 Å². The zero-order chi connectivity index (χ0) is 12.0. The second-order valence-electron chi connectivity index (χ2n) is 3.65. The van der Waals surface area contributed by atoms with Crippen LogP contribution in [0.15, 0.2) is 29.1 Å². The van der Waals surface area contributed by atoms with E-state index in [2.05, 4.69) is 10.4 Å². The topological polar surface area (TPSA) is 56.2 Å². The number of ether oxygens (including phenoxy) is 1. The van der Waals surface area contributed by atoms with Crippen molar-refractivity contribution in [3.8, 4) is 11.6 Å². The predicted molar refractivity (Wildman–Crippen MR) is 64.3 cm³/mol. The molecule has 0 saturated heterocycles. The summed E-state index contributed by atoms with van der Waals surface area (Å²) in [6.45, 7) is 0.